The number of carbonyl (C=O) groups excluding carboxylic acids is 2. The van der Waals surface area contributed by atoms with Crippen LogP contribution in [-0.2, 0) is 9.63 Å². The minimum Gasteiger partial charge on any atom is -0.294 e. The molecule has 0 heterocycles. The van der Waals surface area contributed by atoms with Crippen LogP contribution in [-0.4, -0.2) is 30.9 Å². The van der Waals surface area contributed by atoms with Gasteiger partial charge in [0, 0.05) is 17.1 Å². The van der Waals surface area contributed by atoms with Gasteiger partial charge in [-0.25, -0.2) is 5.06 Å². The van der Waals surface area contributed by atoms with Crippen molar-refractivity contribution in [2.75, 3.05) is 14.2 Å². The Morgan fingerprint density at radius 1 is 1.38 bits per heavy atom. The van der Waals surface area contributed by atoms with E-state index in [9.17, 15) is 9.59 Å². The van der Waals surface area contributed by atoms with Gasteiger partial charge in [-0.2, -0.15) is 0 Å². The number of Topliss-reactive ketones (excluding diaryl/α,β-unsaturated/α-hetero) is 1. The molecule has 16 heavy (non-hydrogen) atoms. The van der Waals surface area contributed by atoms with Crippen molar-refractivity contribution in [1.82, 2.24) is 5.06 Å². The maximum atomic E-state index is 11.8. The van der Waals surface area contributed by atoms with Crippen LogP contribution in [0.2, 0.25) is 0 Å². The van der Waals surface area contributed by atoms with Crippen LogP contribution in [0, 0.1) is 0 Å². The van der Waals surface area contributed by atoms with Gasteiger partial charge in [-0.3, -0.25) is 14.4 Å². The van der Waals surface area contributed by atoms with Crippen molar-refractivity contribution in [2.45, 2.75) is 6.42 Å². The lowest BCUT2D eigenvalue weighted by Crippen LogP contribution is -2.27. The summed E-state index contributed by atoms with van der Waals surface area (Å²) < 4.78 is 0.688. The highest BCUT2D eigenvalue weighted by molar-refractivity contribution is 9.10. The van der Waals surface area contributed by atoms with Gasteiger partial charge < -0.3 is 0 Å². The Hall–Kier alpha value is -1.20. The van der Waals surface area contributed by atoms with Gasteiger partial charge >= 0.3 is 0 Å². The van der Waals surface area contributed by atoms with E-state index in [1.165, 1.54) is 14.2 Å². The summed E-state index contributed by atoms with van der Waals surface area (Å²) in [5.41, 5.74) is 0.500. The molecule has 1 rings (SSSR count). The van der Waals surface area contributed by atoms with Crippen LogP contribution < -0.4 is 0 Å². The molecule has 4 nitrogen and oxygen atoms in total. The third-order valence-corrected chi connectivity index (χ3v) is 2.80. The summed E-state index contributed by atoms with van der Waals surface area (Å²) in [7, 11) is 2.84. The monoisotopic (exact) mass is 285 g/mol. The zero-order valence-corrected chi connectivity index (χ0v) is 10.7. The minimum absolute atomic E-state index is 0.201. The highest BCUT2D eigenvalue weighted by atomic mass is 79.9. The van der Waals surface area contributed by atoms with Crippen molar-refractivity contribution in [3.63, 3.8) is 0 Å². The summed E-state index contributed by atoms with van der Waals surface area (Å²) in [6.45, 7) is 0. The summed E-state index contributed by atoms with van der Waals surface area (Å²) in [6, 6.07) is 7.00. The summed E-state index contributed by atoms with van der Waals surface area (Å²) in [5.74, 6) is -0.607. The highest BCUT2D eigenvalue weighted by Gasteiger charge is 2.16. The number of hydroxylamine groups is 2. The molecule has 1 amide bonds. The fraction of sp³-hybridized carbons (Fsp3) is 0.273. The molecule has 0 aromatic heterocycles. The maximum absolute atomic E-state index is 11.8. The van der Waals surface area contributed by atoms with Crippen LogP contribution in [0.5, 0.6) is 0 Å². The number of hydrogen-bond donors (Lipinski definition) is 0. The smallest absolute Gasteiger partial charge is 0.253 e. The van der Waals surface area contributed by atoms with Crippen molar-refractivity contribution in [2.24, 2.45) is 0 Å². The molecule has 0 aliphatic heterocycles. The van der Waals surface area contributed by atoms with Crippen molar-refractivity contribution in [3.05, 3.63) is 34.3 Å². The first-order chi connectivity index (χ1) is 7.56. The molecule has 86 valence electrons. The fourth-order valence-electron chi connectivity index (χ4n) is 1.13. The van der Waals surface area contributed by atoms with Crippen molar-refractivity contribution in [3.8, 4) is 0 Å². The molecule has 0 radical (unpaired) electrons. The molecule has 5 heteroatoms. The molecule has 0 saturated heterocycles. The fourth-order valence-corrected chi connectivity index (χ4v) is 1.64. The average molecular weight is 286 g/mol. The van der Waals surface area contributed by atoms with Gasteiger partial charge in [0.25, 0.3) is 5.91 Å². The number of rotatable bonds is 4. The van der Waals surface area contributed by atoms with Gasteiger partial charge in [-0.15, -0.1) is 0 Å². The molecule has 1 aromatic carbocycles. The first-order valence-corrected chi connectivity index (χ1v) is 5.44. The van der Waals surface area contributed by atoms with Crippen molar-refractivity contribution < 1.29 is 14.4 Å². The molecule has 0 bridgehead atoms. The Balaban J connectivity index is 2.74. The van der Waals surface area contributed by atoms with Crippen LogP contribution in [0.3, 0.4) is 0 Å². The van der Waals surface area contributed by atoms with E-state index in [0.717, 1.165) is 5.06 Å². The predicted octanol–water partition coefficient (Wildman–Crippen LogP) is 2.04. The van der Waals surface area contributed by atoms with Crippen molar-refractivity contribution in [1.29, 1.82) is 0 Å². The number of carbonyl (C=O) groups is 2. The zero-order chi connectivity index (χ0) is 12.1. The largest absolute Gasteiger partial charge is 0.294 e. The number of halogens is 1. The Morgan fingerprint density at radius 2 is 2.00 bits per heavy atom. The Bertz CT molecular complexity index is 406. The van der Waals surface area contributed by atoms with E-state index < -0.39 is 0 Å². The SMILES string of the molecule is CON(C)C(=O)CC(=O)c1ccccc1Br. The first kappa shape index (κ1) is 12.9. The van der Waals surface area contributed by atoms with E-state index in [0.29, 0.717) is 10.0 Å². The average Bonchev–Trinajstić information content (AvgIpc) is 2.28. The molecular formula is C11H12BrNO3. The topological polar surface area (TPSA) is 46.6 Å². The van der Waals surface area contributed by atoms with Gasteiger partial charge in [0.2, 0.25) is 0 Å². The molecule has 0 aliphatic carbocycles. The number of hydrogen-bond acceptors (Lipinski definition) is 3. The number of ketones is 1. The van der Waals surface area contributed by atoms with E-state index in [4.69, 9.17) is 4.84 Å². The zero-order valence-electron chi connectivity index (χ0n) is 9.07. The standard InChI is InChI=1S/C11H12BrNO3/c1-13(16-2)11(15)7-10(14)8-5-3-4-6-9(8)12/h3-6H,7H2,1-2H3. The van der Waals surface area contributed by atoms with Crippen LogP contribution in [0.25, 0.3) is 0 Å². The molecule has 0 aliphatic rings. The lowest BCUT2D eigenvalue weighted by molar-refractivity contribution is -0.167. The quantitative estimate of drug-likeness (QED) is 0.483. The van der Waals surface area contributed by atoms with Gasteiger partial charge in [0.15, 0.2) is 5.78 Å². The summed E-state index contributed by atoms with van der Waals surface area (Å²) in [6.07, 6.45) is -0.201. The molecule has 0 unspecified atom stereocenters. The van der Waals surface area contributed by atoms with E-state index in [-0.39, 0.29) is 18.1 Å². The van der Waals surface area contributed by atoms with E-state index >= 15 is 0 Å². The molecular weight excluding hydrogens is 274 g/mol. The molecule has 0 atom stereocenters. The first-order valence-electron chi connectivity index (χ1n) is 4.64. The second-order valence-corrected chi connectivity index (χ2v) is 4.01. The predicted molar refractivity (Wildman–Crippen MR) is 62.9 cm³/mol. The summed E-state index contributed by atoms with van der Waals surface area (Å²) in [4.78, 5) is 27.9. The van der Waals surface area contributed by atoms with Crippen LogP contribution in [0.4, 0.5) is 0 Å². The Morgan fingerprint density at radius 3 is 2.56 bits per heavy atom. The molecule has 0 N–H and O–H groups in total. The molecule has 0 fully saturated rings. The van der Waals surface area contributed by atoms with Crippen molar-refractivity contribution >= 4 is 27.6 Å². The Labute approximate surface area is 102 Å². The molecule has 1 aromatic rings. The Kier molecular flexibility index (Phi) is 4.64. The normalized spacial score (nSPS) is 9.94. The number of nitrogens with zero attached hydrogens (tertiary/aromatic N) is 1. The van der Waals surface area contributed by atoms with Crippen LogP contribution >= 0.6 is 15.9 Å². The summed E-state index contributed by atoms with van der Waals surface area (Å²) >= 11 is 3.26. The van der Waals surface area contributed by atoms with E-state index in [2.05, 4.69) is 15.9 Å². The number of amides is 1. The van der Waals surface area contributed by atoms with Gasteiger partial charge in [-0.1, -0.05) is 34.1 Å². The lowest BCUT2D eigenvalue weighted by Gasteiger charge is -2.13. The van der Waals surface area contributed by atoms with Crippen LogP contribution in [0.1, 0.15) is 16.8 Å². The van der Waals surface area contributed by atoms with Gasteiger partial charge in [-0.05, 0) is 6.07 Å². The third-order valence-electron chi connectivity index (χ3n) is 2.11. The second-order valence-electron chi connectivity index (χ2n) is 3.15. The van der Waals surface area contributed by atoms with E-state index in [1.54, 1.807) is 18.2 Å². The minimum atomic E-state index is -0.372. The second kappa shape index (κ2) is 5.77. The lowest BCUT2D eigenvalue weighted by atomic mass is 10.1. The highest BCUT2D eigenvalue weighted by Crippen LogP contribution is 2.17. The van der Waals surface area contributed by atoms with Gasteiger partial charge in [0.1, 0.15) is 0 Å². The number of benzene rings is 1. The third kappa shape index (κ3) is 3.15. The maximum Gasteiger partial charge on any atom is 0.253 e. The van der Waals surface area contributed by atoms with Crippen LogP contribution in [0.15, 0.2) is 28.7 Å². The molecule has 0 spiro atoms. The van der Waals surface area contributed by atoms with Gasteiger partial charge in [0.05, 0.1) is 13.5 Å². The molecule has 0 saturated carbocycles. The summed E-state index contributed by atoms with van der Waals surface area (Å²) in [5, 5.41) is 1.04. The van der Waals surface area contributed by atoms with E-state index in [1.807, 2.05) is 6.07 Å².